The highest BCUT2D eigenvalue weighted by Gasteiger charge is 2.43. The van der Waals surface area contributed by atoms with Gasteiger partial charge in [-0.1, -0.05) is 44.0 Å². The molecule has 0 saturated heterocycles. The van der Waals surface area contributed by atoms with Gasteiger partial charge in [0.15, 0.2) is 8.32 Å². The van der Waals surface area contributed by atoms with E-state index in [1.165, 1.54) is 0 Å². The predicted octanol–water partition coefficient (Wildman–Crippen LogP) is 6.46. The number of halogens is 3. The number of aryl methyl sites for hydroxylation is 1. The lowest BCUT2D eigenvalue weighted by molar-refractivity contribution is 0.179. The first-order valence-electron chi connectivity index (χ1n) is 9.31. The smallest absolute Gasteiger partial charge is 0.192 e. The standard InChI is InChI=1S/C19H30Cl2FNOSi/c1-5-25(6-2,7-3)24-17(12-23-13-19(22)8-9-19)18-15(20)10-14(4)11-16(18)21/h10-11,17,23H,5-9,12-13H2,1-4H3. The summed E-state index contributed by atoms with van der Waals surface area (Å²) in [6, 6.07) is 6.98. The van der Waals surface area contributed by atoms with Crippen molar-refractivity contribution in [1.82, 2.24) is 5.32 Å². The minimum Gasteiger partial charge on any atom is -0.409 e. The summed E-state index contributed by atoms with van der Waals surface area (Å²) in [5.41, 5.74) is 0.828. The third-order valence-corrected chi connectivity index (χ3v) is 10.7. The van der Waals surface area contributed by atoms with Crippen LogP contribution in [0, 0.1) is 6.92 Å². The van der Waals surface area contributed by atoms with E-state index in [2.05, 4.69) is 26.1 Å². The molecule has 0 heterocycles. The van der Waals surface area contributed by atoms with Gasteiger partial charge in [0, 0.05) is 28.7 Å². The average molecular weight is 406 g/mol. The highest BCUT2D eigenvalue weighted by molar-refractivity contribution is 6.73. The summed E-state index contributed by atoms with van der Waals surface area (Å²) in [4.78, 5) is 0. The maximum Gasteiger partial charge on any atom is 0.192 e. The molecule has 1 N–H and O–H groups in total. The minimum atomic E-state index is -1.85. The number of hydrogen-bond acceptors (Lipinski definition) is 2. The summed E-state index contributed by atoms with van der Waals surface area (Å²) in [6.45, 7) is 9.46. The Bertz CT molecular complexity index is 560. The van der Waals surface area contributed by atoms with Crippen LogP contribution in [0.4, 0.5) is 4.39 Å². The van der Waals surface area contributed by atoms with Gasteiger partial charge in [-0.05, 0) is 55.6 Å². The Labute approximate surface area is 162 Å². The number of benzene rings is 1. The van der Waals surface area contributed by atoms with Crippen molar-refractivity contribution in [3.63, 3.8) is 0 Å². The van der Waals surface area contributed by atoms with Crippen molar-refractivity contribution in [2.24, 2.45) is 0 Å². The zero-order valence-corrected chi connectivity index (χ0v) is 18.2. The summed E-state index contributed by atoms with van der Waals surface area (Å²) >= 11 is 13.0. The molecule has 1 fully saturated rings. The molecule has 1 saturated carbocycles. The highest BCUT2D eigenvalue weighted by Crippen LogP contribution is 2.40. The van der Waals surface area contributed by atoms with E-state index < -0.39 is 14.0 Å². The SMILES string of the molecule is CC[Si](CC)(CC)OC(CNCC1(F)CC1)c1c(Cl)cc(C)cc1Cl. The molecular weight excluding hydrogens is 376 g/mol. The summed E-state index contributed by atoms with van der Waals surface area (Å²) in [7, 11) is -1.85. The van der Waals surface area contributed by atoms with Gasteiger partial charge in [-0.15, -0.1) is 0 Å². The predicted molar refractivity (Wildman–Crippen MR) is 108 cm³/mol. The van der Waals surface area contributed by atoms with Crippen LogP contribution in [0.3, 0.4) is 0 Å². The van der Waals surface area contributed by atoms with Gasteiger partial charge in [-0.25, -0.2) is 4.39 Å². The quantitative estimate of drug-likeness (QED) is 0.451. The van der Waals surface area contributed by atoms with Crippen molar-refractivity contribution in [3.8, 4) is 0 Å². The lowest BCUT2D eigenvalue weighted by atomic mass is 10.1. The Kier molecular flexibility index (Phi) is 7.37. The fourth-order valence-corrected chi connectivity index (χ4v) is 6.91. The Balaban J connectivity index is 2.24. The molecule has 0 amide bonds. The molecular formula is C19H30Cl2FNOSi. The molecule has 0 aliphatic heterocycles. The molecule has 1 aromatic rings. The van der Waals surface area contributed by atoms with Crippen molar-refractivity contribution in [2.75, 3.05) is 13.1 Å². The van der Waals surface area contributed by atoms with Gasteiger partial charge in [-0.3, -0.25) is 0 Å². The summed E-state index contributed by atoms with van der Waals surface area (Å²) in [5.74, 6) is 0. The van der Waals surface area contributed by atoms with Crippen LogP contribution in [-0.2, 0) is 4.43 Å². The summed E-state index contributed by atoms with van der Waals surface area (Å²) in [5, 5.41) is 4.51. The van der Waals surface area contributed by atoms with Gasteiger partial charge >= 0.3 is 0 Å². The topological polar surface area (TPSA) is 21.3 Å². The molecule has 0 bridgehead atoms. The van der Waals surface area contributed by atoms with Crippen molar-refractivity contribution in [2.45, 2.75) is 70.4 Å². The van der Waals surface area contributed by atoms with Crippen LogP contribution in [0.25, 0.3) is 0 Å². The first-order chi connectivity index (χ1) is 11.8. The second-order valence-electron chi connectivity index (χ2n) is 7.27. The van der Waals surface area contributed by atoms with Crippen molar-refractivity contribution >= 4 is 31.5 Å². The van der Waals surface area contributed by atoms with Crippen LogP contribution in [0.15, 0.2) is 12.1 Å². The van der Waals surface area contributed by atoms with Gasteiger partial charge < -0.3 is 9.74 Å². The Hall–Kier alpha value is -0.133. The minimum absolute atomic E-state index is 0.241. The number of alkyl halides is 1. The van der Waals surface area contributed by atoms with E-state index in [4.69, 9.17) is 27.6 Å². The van der Waals surface area contributed by atoms with Crippen molar-refractivity contribution < 1.29 is 8.82 Å². The largest absolute Gasteiger partial charge is 0.409 e. The maximum atomic E-state index is 14.0. The second kappa shape index (κ2) is 8.70. The molecule has 6 heteroatoms. The first kappa shape index (κ1) is 21.2. The molecule has 1 aromatic carbocycles. The molecule has 142 valence electrons. The summed E-state index contributed by atoms with van der Waals surface area (Å²) < 4.78 is 20.6. The third kappa shape index (κ3) is 5.42. The van der Waals surface area contributed by atoms with E-state index in [9.17, 15) is 4.39 Å². The van der Waals surface area contributed by atoms with Gasteiger partial charge in [0.1, 0.15) is 5.67 Å². The van der Waals surface area contributed by atoms with Crippen LogP contribution < -0.4 is 5.32 Å². The molecule has 1 unspecified atom stereocenters. The molecule has 1 atom stereocenters. The van der Waals surface area contributed by atoms with Crippen LogP contribution in [0.5, 0.6) is 0 Å². The lowest BCUT2D eigenvalue weighted by Crippen LogP contribution is -2.40. The van der Waals surface area contributed by atoms with E-state index >= 15 is 0 Å². The van der Waals surface area contributed by atoms with Gasteiger partial charge in [0.05, 0.1) is 6.10 Å². The summed E-state index contributed by atoms with van der Waals surface area (Å²) in [6.07, 6.45) is 1.05. The normalized spacial score (nSPS) is 17.6. The molecule has 0 spiro atoms. The molecule has 25 heavy (non-hydrogen) atoms. The Morgan fingerprint density at radius 3 is 2.12 bits per heavy atom. The number of hydrogen-bond donors (Lipinski definition) is 1. The number of nitrogens with one attached hydrogen (secondary N) is 1. The monoisotopic (exact) mass is 405 g/mol. The van der Waals surface area contributed by atoms with Crippen LogP contribution >= 0.6 is 23.2 Å². The first-order valence-corrected chi connectivity index (χ1v) is 12.6. The van der Waals surface area contributed by atoms with Gasteiger partial charge in [0.25, 0.3) is 0 Å². The molecule has 0 aromatic heterocycles. The van der Waals surface area contributed by atoms with Gasteiger partial charge in [-0.2, -0.15) is 0 Å². The molecule has 2 nitrogen and oxygen atoms in total. The highest BCUT2D eigenvalue weighted by atomic mass is 35.5. The fraction of sp³-hybridized carbons (Fsp3) is 0.684. The fourth-order valence-electron chi connectivity index (χ4n) is 3.26. The lowest BCUT2D eigenvalue weighted by Gasteiger charge is -2.34. The van der Waals surface area contributed by atoms with E-state index in [1.54, 1.807) is 0 Å². The maximum absolute atomic E-state index is 14.0. The van der Waals surface area contributed by atoms with E-state index in [0.29, 0.717) is 36.0 Å². The molecule has 2 rings (SSSR count). The Morgan fingerprint density at radius 1 is 1.16 bits per heavy atom. The van der Waals surface area contributed by atoms with Gasteiger partial charge in [0.2, 0.25) is 0 Å². The third-order valence-electron chi connectivity index (χ3n) is 5.43. The van der Waals surface area contributed by atoms with Crippen LogP contribution in [0.2, 0.25) is 28.2 Å². The Morgan fingerprint density at radius 2 is 1.68 bits per heavy atom. The zero-order chi connectivity index (χ0) is 18.7. The van der Waals surface area contributed by atoms with Crippen LogP contribution in [-0.4, -0.2) is 27.1 Å². The zero-order valence-electron chi connectivity index (χ0n) is 15.7. The van der Waals surface area contributed by atoms with E-state index in [1.807, 2.05) is 19.1 Å². The molecule has 1 aliphatic rings. The average Bonchev–Trinajstić information content (AvgIpc) is 3.29. The van der Waals surface area contributed by atoms with E-state index in [-0.39, 0.29) is 6.10 Å². The second-order valence-corrected chi connectivity index (χ2v) is 12.8. The molecule has 0 radical (unpaired) electrons. The van der Waals surface area contributed by atoms with E-state index in [0.717, 1.165) is 29.3 Å². The molecule has 1 aliphatic carbocycles. The van der Waals surface area contributed by atoms with Crippen LogP contribution in [0.1, 0.15) is 50.8 Å². The van der Waals surface area contributed by atoms with Crippen molar-refractivity contribution in [3.05, 3.63) is 33.3 Å². The van der Waals surface area contributed by atoms with Crippen molar-refractivity contribution in [1.29, 1.82) is 0 Å². The number of rotatable bonds is 10.